The van der Waals surface area contributed by atoms with Crippen molar-refractivity contribution in [2.24, 2.45) is 0 Å². The molecule has 1 unspecified atom stereocenters. The quantitative estimate of drug-likeness (QED) is 0.602. The van der Waals surface area contributed by atoms with Crippen molar-refractivity contribution >= 4 is 12.6 Å². The highest BCUT2D eigenvalue weighted by molar-refractivity contribution is 7.80. The molecule has 2 heteroatoms. The van der Waals surface area contributed by atoms with Gasteiger partial charge < -0.3 is 5.32 Å². The fraction of sp³-hybridized carbons (Fsp3) is 1.00. The van der Waals surface area contributed by atoms with Crippen LogP contribution in [0.2, 0.25) is 0 Å². The predicted octanol–water partition coefficient (Wildman–Crippen LogP) is 2.08. The van der Waals surface area contributed by atoms with Gasteiger partial charge in [0.1, 0.15) is 0 Å². The van der Waals surface area contributed by atoms with Gasteiger partial charge in [-0.3, -0.25) is 0 Å². The molecule has 0 aromatic carbocycles. The van der Waals surface area contributed by atoms with E-state index in [1.165, 1.54) is 0 Å². The van der Waals surface area contributed by atoms with E-state index in [2.05, 4.69) is 45.6 Å². The fourth-order valence-corrected chi connectivity index (χ4v) is 1.75. The molecule has 0 aliphatic heterocycles. The molecule has 0 heterocycles. The molecule has 0 fully saturated rings. The summed E-state index contributed by atoms with van der Waals surface area (Å²) < 4.78 is 0. The van der Waals surface area contributed by atoms with Gasteiger partial charge in [0.2, 0.25) is 0 Å². The van der Waals surface area contributed by atoms with Gasteiger partial charge in [-0.15, -0.1) is 0 Å². The van der Waals surface area contributed by atoms with E-state index >= 15 is 0 Å². The van der Waals surface area contributed by atoms with Crippen molar-refractivity contribution in [3.8, 4) is 0 Å². The van der Waals surface area contributed by atoms with Gasteiger partial charge in [-0.05, 0) is 26.8 Å². The largest absolute Gasteiger partial charge is 0.312 e. The van der Waals surface area contributed by atoms with Crippen LogP contribution in [-0.2, 0) is 0 Å². The Balaban J connectivity index is 3.63. The van der Waals surface area contributed by atoms with E-state index in [4.69, 9.17) is 0 Å². The second-order valence-electron chi connectivity index (χ2n) is 3.47. The average molecular weight is 161 g/mol. The Bertz CT molecular complexity index is 89.3. The lowest BCUT2D eigenvalue weighted by Crippen LogP contribution is -2.40. The van der Waals surface area contributed by atoms with Crippen LogP contribution in [0.1, 0.15) is 34.1 Å². The number of rotatable bonds is 4. The van der Waals surface area contributed by atoms with Crippen molar-refractivity contribution < 1.29 is 0 Å². The molecule has 0 aromatic rings. The Hall–Kier alpha value is 0.310. The summed E-state index contributed by atoms with van der Waals surface area (Å²) >= 11 is 4.34. The first kappa shape index (κ1) is 10.3. The van der Waals surface area contributed by atoms with Crippen LogP contribution in [0.25, 0.3) is 0 Å². The first-order chi connectivity index (χ1) is 4.48. The summed E-state index contributed by atoms with van der Waals surface area (Å²) in [5, 5.41) is 3.88. The van der Waals surface area contributed by atoms with Gasteiger partial charge in [-0.2, -0.15) is 12.6 Å². The molecule has 0 spiro atoms. The van der Waals surface area contributed by atoms with Crippen LogP contribution in [0.5, 0.6) is 0 Å². The Morgan fingerprint density at radius 3 is 2.30 bits per heavy atom. The van der Waals surface area contributed by atoms with E-state index in [9.17, 15) is 0 Å². The first-order valence-electron chi connectivity index (χ1n) is 3.91. The maximum atomic E-state index is 4.34. The minimum Gasteiger partial charge on any atom is -0.312 e. The second-order valence-corrected chi connectivity index (χ2v) is 4.35. The van der Waals surface area contributed by atoms with E-state index < -0.39 is 0 Å². The summed E-state index contributed by atoms with van der Waals surface area (Å²) in [6.07, 6.45) is 1.12. The SMILES string of the molecule is CCNC(C)(C)CC(C)S. The van der Waals surface area contributed by atoms with Crippen LogP contribution in [0.15, 0.2) is 0 Å². The molecule has 0 radical (unpaired) electrons. The van der Waals surface area contributed by atoms with Crippen molar-refractivity contribution in [2.45, 2.75) is 44.9 Å². The van der Waals surface area contributed by atoms with Crippen LogP contribution in [0, 0.1) is 0 Å². The smallest absolute Gasteiger partial charge is 0.0135 e. The Kier molecular flexibility index (Phi) is 4.37. The third-order valence-electron chi connectivity index (χ3n) is 1.46. The normalized spacial score (nSPS) is 15.3. The summed E-state index contributed by atoms with van der Waals surface area (Å²) in [6.45, 7) is 9.72. The number of thiol groups is 1. The monoisotopic (exact) mass is 161 g/mol. The van der Waals surface area contributed by atoms with Crippen LogP contribution in [0.3, 0.4) is 0 Å². The Morgan fingerprint density at radius 2 is 2.00 bits per heavy atom. The molecule has 0 saturated carbocycles. The fourth-order valence-electron chi connectivity index (χ4n) is 1.29. The first-order valence-corrected chi connectivity index (χ1v) is 4.42. The predicted molar refractivity (Wildman–Crippen MR) is 50.8 cm³/mol. The summed E-state index contributed by atoms with van der Waals surface area (Å²) in [4.78, 5) is 0. The van der Waals surface area contributed by atoms with Gasteiger partial charge in [-0.1, -0.05) is 13.8 Å². The van der Waals surface area contributed by atoms with Crippen LogP contribution in [-0.4, -0.2) is 17.3 Å². The summed E-state index contributed by atoms with van der Waals surface area (Å²) in [5.41, 5.74) is 0.246. The molecule has 1 N–H and O–H groups in total. The van der Waals surface area contributed by atoms with Gasteiger partial charge in [-0.25, -0.2) is 0 Å². The highest BCUT2D eigenvalue weighted by atomic mass is 32.1. The zero-order valence-electron chi connectivity index (χ0n) is 7.44. The van der Waals surface area contributed by atoms with E-state index in [1.54, 1.807) is 0 Å². The minimum absolute atomic E-state index is 0.246. The van der Waals surface area contributed by atoms with Crippen molar-refractivity contribution in [1.82, 2.24) is 5.32 Å². The molecule has 0 bridgehead atoms. The van der Waals surface area contributed by atoms with E-state index in [1.807, 2.05) is 0 Å². The van der Waals surface area contributed by atoms with E-state index in [0.717, 1.165) is 13.0 Å². The van der Waals surface area contributed by atoms with Crippen molar-refractivity contribution in [3.63, 3.8) is 0 Å². The van der Waals surface area contributed by atoms with Crippen LogP contribution in [0.4, 0.5) is 0 Å². The van der Waals surface area contributed by atoms with Gasteiger partial charge in [0.25, 0.3) is 0 Å². The molecule has 0 amide bonds. The zero-order chi connectivity index (χ0) is 8.20. The van der Waals surface area contributed by atoms with Crippen molar-refractivity contribution in [3.05, 3.63) is 0 Å². The van der Waals surface area contributed by atoms with Gasteiger partial charge >= 0.3 is 0 Å². The maximum Gasteiger partial charge on any atom is 0.0135 e. The lowest BCUT2D eigenvalue weighted by Gasteiger charge is -2.27. The van der Waals surface area contributed by atoms with Gasteiger partial charge in [0.15, 0.2) is 0 Å². The topological polar surface area (TPSA) is 12.0 Å². The number of nitrogens with one attached hydrogen (secondary N) is 1. The van der Waals surface area contributed by atoms with Crippen LogP contribution < -0.4 is 5.32 Å². The molecular weight excluding hydrogens is 142 g/mol. The molecule has 1 atom stereocenters. The van der Waals surface area contributed by atoms with Crippen LogP contribution >= 0.6 is 12.6 Å². The van der Waals surface area contributed by atoms with Crippen molar-refractivity contribution in [2.75, 3.05) is 6.54 Å². The summed E-state index contributed by atoms with van der Waals surface area (Å²) in [5.74, 6) is 0. The van der Waals surface area contributed by atoms with Gasteiger partial charge in [0.05, 0.1) is 0 Å². The number of hydrogen-bond acceptors (Lipinski definition) is 2. The average Bonchev–Trinajstić information content (AvgIpc) is 1.59. The highest BCUT2D eigenvalue weighted by Crippen LogP contribution is 2.13. The Morgan fingerprint density at radius 1 is 1.50 bits per heavy atom. The minimum atomic E-state index is 0.246. The molecule has 0 aliphatic carbocycles. The zero-order valence-corrected chi connectivity index (χ0v) is 8.33. The van der Waals surface area contributed by atoms with Crippen molar-refractivity contribution in [1.29, 1.82) is 0 Å². The van der Waals surface area contributed by atoms with E-state index in [-0.39, 0.29) is 5.54 Å². The summed E-state index contributed by atoms with van der Waals surface area (Å²) in [7, 11) is 0. The third kappa shape index (κ3) is 5.12. The molecule has 1 nitrogen and oxygen atoms in total. The maximum absolute atomic E-state index is 4.34. The lowest BCUT2D eigenvalue weighted by atomic mass is 9.99. The molecule has 0 aromatic heterocycles. The molecule has 10 heavy (non-hydrogen) atoms. The summed E-state index contributed by atoms with van der Waals surface area (Å²) in [6, 6.07) is 0. The standard InChI is InChI=1S/C8H19NS/c1-5-9-8(3,4)6-7(2)10/h7,9-10H,5-6H2,1-4H3. The molecule has 0 aliphatic rings. The molecule has 0 rings (SSSR count). The Labute approximate surface area is 70.0 Å². The molecule has 0 saturated heterocycles. The second kappa shape index (κ2) is 4.24. The lowest BCUT2D eigenvalue weighted by molar-refractivity contribution is 0.372. The third-order valence-corrected chi connectivity index (χ3v) is 1.64. The molecular formula is C8H19NS. The molecule has 62 valence electrons. The van der Waals surface area contributed by atoms with Gasteiger partial charge in [0, 0.05) is 10.8 Å². The van der Waals surface area contributed by atoms with E-state index in [0.29, 0.717) is 5.25 Å². The highest BCUT2D eigenvalue weighted by Gasteiger charge is 2.17. The number of hydrogen-bond donors (Lipinski definition) is 2.